The number of nitrogens with one attached hydrogen (secondary N) is 2. The van der Waals surface area contributed by atoms with Crippen molar-refractivity contribution in [3.05, 3.63) is 72.5 Å². The van der Waals surface area contributed by atoms with Gasteiger partial charge >= 0.3 is 5.97 Å². The quantitative estimate of drug-likeness (QED) is 0.450. The number of carbonyl (C=O) groups is 1. The van der Waals surface area contributed by atoms with Crippen LogP contribution in [0.4, 0.5) is 5.69 Å². The van der Waals surface area contributed by atoms with Gasteiger partial charge in [-0.15, -0.1) is 0 Å². The summed E-state index contributed by atoms with van der Waals surface area (Å²) in [6.07, 6.45) is 4.45. The van der Waals surface area contributed by atoms with Crippen LogP contribution in [0.2, 0.25) is 0 Å². The summed E-state index contributed by atoms with van der Waals surface area (Å²) in [6.45, 7) is 0. The molecule has 0 unspecified atom stereocenters. The molecule has 26 heavy (non-hydrogen) atoms. The lowest BCUT2D eigenvalue weighted by atomic mass is 10.2. The van der Waals surface area contributed by atoms with E-state index in [1.54, 1.807) is 55.8 Å². The van der Waals surface area contributed by atoms with Crippen molar-refractivity contribution in [1.29, 1.82) is 5.26 Å². The van der Waals surface area contributed by atoms with E-state index in [0.717, 1.165) is 11.4 Å². The number of allylic oxidation sites excluding steroid dienone is 1. The molecule has 2 rings (SSSR count). The molecular weight excluding hydrogens is 332 g/mol. The Morgan fingerprint density at radius 2 is 1.92 bits per heavy atom. The monoisotopic (exact) mass is 350 g/mol. The standard InChI is InChI=1S/C19H18N4O3/c1-25-16-8-6-15(7-9-16)22-13-18(19(24)26-2)23-12-14(11-20)17-5-3-4-10-21-17/h3-10,12-13,22-23H,1-2H3/b14-12-,18-13+. The topological polar surface area (TPSA) is 96.3 Å². The van der Waals surface area contributed by atoms with Crippen molar-refractivity contribution in [3.63, 3.8) is 0 Å². The first-order valence-corrected chi connectivity index (χ1v) is 7.65. The van der Waals surface area contributed by atoms with Crippen molar-refractivity contribution in [1.82, 2.24) is 10.3 Å². The van der Waals surface area contributed by atoms with Gasteiger partial charge in [-0.1, -0.05) is 6.07 Å². The number of nitriles is 1. The average Bonchev–Trinajstić information content (AvgIpc) is 2.71. The number of nitrogens with zero attached hydrogens (tertiary/aromatic N) is 2. The first-order chi connectivity index (χ1) is 12.7. The highest BCUT2D eigenvalue weighted by molar-refractivity contribution is 5.89. The number of esters is 1. The second-order valence-corrected chi connectivity index (χ2v) is 4.95. The Morgan fingerprint density at radius 1 is 1.15 bits per heavy atom. The van der Waals surface area contributed by atoms with E-state index in [9.17, 15) is 10.1 Å². The Kier molecular flexibility index (Phi) is 6.77. The molecule has 1 heterocycles. The molecule has 132 valence electrons. The van der Waals surface area contributed by atoms with Crippen LogP contribution in [0, 0.1) is 11.3 Å². The van der Waals surface area contributed by atoms with Gasteiger partial charge in [0.1, 0.15) is 17.5 Å². The summed E-state index contributed by atoms with van der Waals surface area (Å²) in [6, 6.07) is 14.4. The molecule has 0 bridgehead atoms. The second kappa shape index (κ2) is 9.49. The predicted molar refractivity (Wildman–Crippen MR) is 97.7 cm³/mol. The first kappa shape index (κ1) is 18.5. The van der Waals surface area contributed by atoms with Crippen LogP contribution in [0.15, 0.2) is 66.8 Å². The molecule has 0 aliphatic carbocycles. The van der Waals surface area contributed by atoms with Crippen LogP contribution in [-0.2, 0) is 9.53 Å². The number of benzene rings is 1. The molecule has 0 radical (unpaired) electrons. The van der Waals surface area contributed by atoms with Crippen molar-refractivity contribution in [2.75, 3.05) is 19.5 Å². The molecular formula is C19H18N4O3. The zero-order valence-electron chi connectivity index (χ0n) is 14.4. The van der Waals surface area contributed by atoms with Crippen LogP contribution in [0.5, 0.6) is 5.75 Å². The molecule has 0 saturated carbocycles. The molecule has 2 N–H and O–H groups in total. The highest BCUT2D eigenvalue weighted by Crippen LogP contribution is 2.15. The number of rotatable bonds is 7. The second-order valence-electron chi connectivity index (χ2n) is 4.95. The van der Waals surface area contributed by atoms with Gasteiger partial charge in [0.05, 0.1) is 25.5 Å². The van der Waals surface area contributed by atoms with E-state index >= 15 is 0 Å². The average molecular weight is 350 g/mol. The van der Waals surface area contributed by atoms with E-state index in [1.165, 1.54) is 19.5 Å². The number of carbonyl (C=O) groups excluding carboxylic acids is 1. The zero-order valence-corrected chi connectivity index (χ0v) is 14.4. The maximum Gasteiger partial charge on any atom is 0.355 e. The zero-order chi connectivity index (χ0) is 18.8. The minimum atomic E-state index is -0.583. The third kappa shape index (κ3) is 5.11. The number of anilines is 1. The minimum Gasteiger partial charge on any atom is -0.497 e. The van der Waals surface area contributed by atoms with Gasteiger partial charge in [0, 0.05) is 24.3 Å². The fourth-order valence-electron chi connectivity index (χ4n) is 1.95. The lowest BCUT2D eigenvalue weighted by molar-refractivity contribution is -0.136. The fourth-order valence-corrected chi connectivity index (χ4v) is 1.95. The molecule has 0 spiro atoms. The van der Waals surface area contributed by atoms with Gasteiger partial charge < -0.3 is 20.1 Å². The Labute approximate surface area is 151 Å². The summed E-state index contributed by atoms with van der Waals surface area (Å²) in [7, 11) is 2.86. The smallest absolute Gasteiger partial charge is 0.355 e. The molecule has 0 aliphatic rings. The number of hydrogen-bond acceptors (Lipinski definition) is 7. The lowest BCUT2D eigenvalue weighted by Crippen LogP contribution is -2.18. The first-order valence-electron chi connectivity index (χ1n) is 7.65. The maximum absolute atomic E-state index is 11.9. The van der Waals surface area contributed by atoms with Crippen LogP contribution in [0.1, 0.15) is 5.69 Å². The van der Waals surface area contributed by atoms with E-state index in [2.05, 4.69) is 15.6 Å². The molecule has 0 fully saturated rings. The number of ether oxygens (including phenoxy) is 2. The minimum absolute atomic E-state index is 0.131. The summed E-state index contributed by atoms with van der Waals surface area (Å²) in [5.74, 6) is 0.142. The predicted octanol–water partition coefficient (Wildman–Crippen LogP) is 2.67. The maximum atomic E-state index is 11.9. The third-order valence-electron chi connectivity index (χ3n) is 3.31. The number of methoxy groups -OCH3 is 2. The van der Waals surface area contributed by atoms with Gasteiger partial charge in [-0.25, -0.2) is 4.79 Å². The SMILES string of the molecule is COC(=O)/C(=C\Nc1ccc(OC)cc1)N/C=C(/C#N)c1ccccn1. The fraction of sp³-hybridized carbons (Fsp3) is 0.105. The van der Waals surface area contributed by atoms with E-state index in [-0.39, 0.29) is 11.3 Å². The summed E-state index contributed by atoms with van der Waals surface area (Å²) in [4.78, 5) is 16.0. The van der Waals surface area contributed by atoms with Crippen molar-refractivity contribution in [2.45, 2.75) is 0 Å². The number of aromatic nitrogens is 1. The van der Waals surface area contributed by atoms with Crippen LogP contribution >= 0.6 is 0 Å². The number of hydrogen-bond donors (Lipinski definition) is 2. The van der Waals surface area contributed by atoms with Gasteiger partial charge in [0.2, 0.25) is 0 Å². The molecule has 0 saturated heterocycles. The summed E-state index contributed by atoms with van der Waals surface area (Å²) < 4.78 is 9.85. The van der Waals surface area contributed by atoms with Crippen molar-refractivity contribution < 1.29 is 14.3 Å². The Hall–Kier alpha value is -3.79. The highest BCUT2D eigenvalue weighted by atomic mass is 16.5. The third-order valence-corrected chi connectivity index (χ3v) is 3.31. The Bertz CT molecular complexity index is 837. The number of pyridine rings is 1. The summed E-state index contributed by atoms with van der Waals surface area (Å²) in [5, 5.41) is 15.1. The van der Waals surface area contributed by atoms with Crippen molar-refractivity contribution in [2.24, 2.45) is 0 Å². The highest BCUT2D eigenvalue weighted by Gasteiger charge is 2.09. The molecule has 7 heteroatoms. The van der Waals surface area contributed by atoms with Crippen LogP contribution in [0.25, 0.3) is 5.57 Å². The van der Waals surface area contributed by atoms with Crippen molar-refractivity contribution in [3.8, 4) is 11.8 Å². The normalized spacial score (nSPS) is 11.3. The Balaban J connectivity index is 2.17. The Morgan fingerprint density at radius 3 is 2.50 bits per heavy atom. The van der Waals surface area contributed by atoms with Gasteiger partial charge in [-0.05, 0) is 36.4 Å². The van der Waals surface area contributed by atoms with Gasteiger partial charge in [0.15, 0.2) is 0 Å². The summed E-state index contributed by atoms with van der Waals surface area (Å²) in [5.41, 5.74) is 1.66. The van der Waals surface area contributed by atoms with Gasteiger partial charge in [-0.2, -0.15) is 5.26 Å². The van der Waals surface area contributed by atoms with Crippen LogP contribution < -0.4 is 15.4 Å². The van der Waals surface area contributed by atoms with E-state index in [1.807, 2.05) is 6.07 Å². The molecule has 1 aromatic heterocycles. The largest absolute Gasteiger partial charge is 0.497 e. The van der Waals surface area contributed by atoms with E-state index < -0.39 is 5.97 Å². The van der Waals surface area contributed by atoms with E-state index in [0.29, 0.717) is 5.69 Å². The van der Waals surface area contributed by atoms with Gasteiger partial charge in [-0.3, -0.25) is 4.98 Å². The molecule has 0 aliphatic heterocycles. The molecule has 7 nitrogen and oxygen atoms in total. The summed E-state index contributed by atoms with van der Waals surface area (Å²) >= 11 is 0. The van der Waals surface area contributed by atoms with E-state index in [4.69, 9.17) is 9.47 Å². The lowest BCUT2D eigenvalue weighted by Gasteiger charge is -2.08. The van der Waals surface area contributed by atoms with Crippen LogP contribution in [-0.4, -0.2) is 25.2 Å². The van der Waals surface area contributed by atoms with Gasteiger partial charge in [0.25, 0.3) is 0 Å². The molecule has 0 atom stereocenters. The molecule has 2 aromatic rings. The van der Waals surface area contributed by atoms with Crippen molar-refractivity contribution >= 4 is 17.2 Å². The van der Waals surface area contributed by atoms with Crippen LogP contribution in [0.3, 0.4) is 0 Å². The molecule has 0 amide bonds. The molecule has 1 aromatic carbocycles.